The Labute approximate surface area is 83.1 Å². The smallest absolute Gasteiger partial charge is 0.160 e. The van der Waals surface area contributed by atoms with E-state index in [4.69, 9.17) is 11.6 Å². The van der Waals surface area contributed by atoms with E-state index < -0.39 is 5.51 Å². The van der Waals surface area contributed by atoms with Crippen molar-refractivity contribution in [1.29, 1.82) is 0 Å². The molecule has 0 aromatic heterocycles. The van der Waals surface area contributed by atoms with Crippen LogP contribution >= 0.6 is 23.4 Å². The second-order valence-corrected chi connectivity index (χ2v) is 3.85. The largest absolute Gasteiger partial charge is 0.446 e. The average molecular weight is 226 g/mol. The third-order valence-electron chi connectivity index (χ3n) is 1.30. The highest BCUT2D eigenvalue weighted by Gasteiger charge is 2.30. The summed E-state index contributed by atoms with van der Waals surface area (Å²) in [4.78, 5) is -0.00540. The Kier molecular flexibility index (Phi) is 3.14. The van der Waals surface area contributed by atoms with E-state index in [0.717, 1.165) is 0 Å². The Morgan fingerprint density at radius 1 is 1.38 bits per heavy atom. The lowest BCUT2D eigenvalue weighted by molar-refractivity contribution is -0.0328. The fourth-order valence-corrected chi connectivity index (χ4v) is 1.61. The van der Waals surface area contributed by atoms with E-state index in [1.165, 1.54) is 6.07 Å². The molecule has 0 fully saturated rings. The molecule has 1 radical (unpaired) electrons. The van der Waals surface area contributed by atoms with Gasteiger partial charge in [-0.2, -0.15) is 13.2 Å². The van der Waals surface area contributed by atoms with Crippen molar-refractivity contribution in [3.05, 3.63) is 28.8 Å². The van der Waals surface area contributed by atoms with E-state index >= 15 is 0 Å². The molecule has 0 unspecified atom stereocenters. The van der Waals surface area contributed by atoms with E-state index in [1.807, 2.05) is 0 Å². The van der Waals surface area contributed by atoms with Gasteiger partial charge in [0.05, 0.1) is 5.02 Å². The summed E-state index contributed by atoms with van der Waals surface area (Å²) in [6.45, 7) is 1.64. The van der Waals surface area contributed by atoms with Crippen molar-refractivity contribution in [2.75, 3.05) is 0 Å². The molecule has 0 nitrogen and oxygen atoms in total. The molecular weight excluding hydrogens is 221 g/mol. The Morgan fingerprint density at radius 3 is 2.54 bits per heavy atom. The molecule has 1 aromatic carbocycles. The molecule has 0 heterocycles. The van der Waals surface area contributed by atoms with Crippen molar-refractivity contribution in [3.63, 3.8) is 0 Å². The zero-order chi connectivity index (χ0) is 10.1. The number of benzene rings is 1. The molecule has 0 aliphatic rings. The fraction of sp³-hybridized carbons (Fsp3) is 0.250. The number of aryl methyl sites for hydroxylation is 1. The molecule has 0 aliphatic heterocycles. The molecule has 13 heavy (non-hydrogen) atoms. The van der Waals surface area contributed by atoms with Gasteiger partial charge in [0.25, 0.3) is 0 Å². The molecular formula is C8H5ClF3S. The standard InChI is InChI=1S/C8H5ClF3S/c1-5-3-2-4-6(7(5)9)13-8(10,11)12/h3-4H,1H3. The first-order chi connectivity index (χ1) is 5.90. The fourth-order valence-electron chi connectivity index (χ4n) is 0.762. The molecule has 1 rings (SSSR count). The van der Waals surface area contributed by atoms with Crippen molar-refractivity contribution >= 4 is 23.4 Å². The van der Waals surface area contributed by atoms with Crippen molar-refractivity contribution in [2.45, 2.75) is 17.3 Å². The van der Waals surface area contributed by atoms with Gasteiger partial charge >= 0.3 is 5.51 Å². The van der Waals surface area contributed by atoms with Gasteiger partial charge < -0.3 is 0 Å². The molecule has 0 spiro atoms. The maximum atomic E-state index is 11.9. The van der Waals surface area contributed by atoms with E-state index in [9.17, 15) is 13.2 Å². The summed E-state index contributed by atoms with van der Waals surface area (Å²) < 4.78 is 35.8. The normalized spacial score (nSPS) is 11.8. The number of thioether (sulfide) groups is 1. The van der Waals surface area contributed by atoms with Crippen LogP contribution in [0.5, 0.6) is 0 Å². The molecule has 71 valence electrons. The second kappa shape index (κ2) is 3.80. The lowest BCUT2D eigenvalue weighted by Crippen LogP contribution is -1.99. The van der Waals surface area contributed by atoms with Gasteiger partial charge in [-0.25, -0.2) is 0 Å². The van der Waals surface area contributed by atoms with E-state index in [-0.39, 0.29) is 21.7 Å². The zero-order valence-corrected chi connectivity index (χ0v) is 8.15. The molecule has 0 saturated carbocycles. The third kappa shape index (κ3) is 3.12. The second-order valence-electron chi connectivity index (χ2n) is 2.36. The van der Waals surface area contributed by atoms with Crippen molar-refractivity contribution in [2.24, 2.45) is 0 Å². The van der Waals surface area contributed by atoms with E-state index in [1.54, 1.807) is 13.0 Å². The summed E-state index contributed by atoms with van der Waals surface area (Å²) in [5.74, 6) is 0. The Balaban J connectivity index is 2.96. The van der Waals surface area contributed by atoms with Crippen LogP contribution in [0.2, 0.25) is 5.02 Å². The van der Waals surface area contributed by atoms with E-state index in [2.05, 4.69) is 6.07 Å². The van der Waals surface area contributed by atoms with Crippen LogP contribution in [-0.2, 0) is 0 Å². The summed E-state index contributed by atoms with van der Waals surface area (Å²) >= 11 is 5.44. The van der Waals surface area contributed by atoms with Crippen molar-refractivity contribution in [3.8, 4) is 0 Å². The predicted octanol–water partition coefficient (Wildman–Crippen LogP) is 4.06. The highest BCUT2D eigenvalue weighted by molar-refractivity contribution is 8.00. The van der Waals surface area contributed by atoms with Gasteiger partial charge in [-0.3, -0.25) is 0 Å². The van der Waals surface area contributed by atoms with Gasteiger partial charge in [0.1, 0.15) is 0 Å². The van der Waals surface area contributed by atoms with E-state index in [0.29, 0.717) is 5.56 Å². The quantitative estimate of drug-likeness (QED) is 0.650. The Morgan fingerprint density at radius 2 is 2.00 bits per heavy atom. The van der Waals surface area contributed by atoms with Gasteiger partial charge in [0, 0.05) is 4.90 Å². The highest BCUT2D eigenvalue weighted by atomic mass is 35.5. The topological polar surface area (TPSA) is 0 Å². The molecule has 0 bridgehead atoms. The van der Waals surface area contributed by atoms with Gasteiger partial charge in [-0.05, 0) is 42.4 Å². The molecule has 0 atom stereocenters. The Bertz CT molecular complexity index is 309. The van der Waals surface area contributed by atoms with Crippen LogP contribution < -0.4 is 0 Å². The lowest BCUT2D eigenvalue weighted by atomic mass is 10.2. The third-order valence-corrected chi connectivity index (χ3v) is 2.69. The SMILES string of the molecule is Cc1c[c]cc(SC(F)(F)F)c1Cl. The number of hydrogen-bond acceptors (Lipinski definition) is 1. The zero-order valence-electron chi connectivity index (χ0n) is 6.57. The van der Waals surface area contributed by atoms with Crippen LogP contribution in [0.1, 0.15) is 5.56 Å². The monoisotopic (exact) mass is 225 g/mol. The maximum absolute atomic E-state index is 11.9. The number of halogens is 4. The van der Waals surface area contributed by atoms with Gasteiger partial charge in [-0.1, -0.05) is 11.6 Å². The first-order valence-corrected chi connectivity index (χ1v) is 4.51. The summed E-state index contributed by atoms with van der Waals surface area (Å²) in [5, 5.41) is 0.140. The van der Waals surface area contributed by atoms with Crippen molar-refractivity contribution in [1.82, 2.24) is 0 Å². The predicted molar refractivity (Wildman–Crippen MR) is 46.9 cm³/mol. The number of hydrogen-bond donors (Lipinski definition) is 0. The molecule has 0 aliphatic carbocycles. The molecule has 0 N–H and O–H groups in total. The van der Waals surface area contributed by atoms with Crippen LogP contribution in [0.3, 0.4) is 0 Å². The Hall–Kier alpha value is -0.350. The van der Waals surface area contributed by atoms with Crippen LogP contribution in [-0.4, -0.2) is 5.51 Å². The van der Waals surface area contributed by atoms with Crippen LogP contribution in [0.25, 0.3) is 0 Å². The molecule has 1 aromatic rings. The summed E-state index contributed by atoms with van der Waals surface area (Å²) in [5.41, 5.74) is -3.71. The number of alkyl halides is 3. The molecule has 0 saturated heterocycles. The van der Waals surface area contributed by atoms with Gasteiger partial charge in [0.2, 0.25) is 0 Å². The summed E-state index contributed by atoms with van der Waals surface area (Å²) in [7, 11) is 0. The number of rotatable bonds is 1. The lowest BCUT2D eigenvalue weighted by Gasteiger charge is -2.07. The minimum atomic E-state index is -4.30. The highest BCUT2D eigenvalue weighted by Crippen LogP contribution is 2.40. The van der Waals surface area contributed by atoms with Gasteiger partial charge in [0.15, 0.2) is 0 Å². The molecule has 5 heteroatoms. The first-order valence-electron chi connectivity index (χ1n) is 3.32. The van der Waals surface area contributed by atoms with Crippen molar-refractivity contribution < 1.29 is 13.2 Å². The van der Waals surface area contributed by atoms with Crippen LogP contribution in [0, 0.1) is 13.0 Å². The molecule has 0 amide bonds. The minimum Gasteiger partial charge on any atom is -0.160 e. The average Bonchev–Trinajstić information content (AvgIpc) is 1.96. The first kappa shape index (κ1) is 10.7. The van der Waals surface area contributed by atoms with Gasteiger partial charge in [-0.15, -0.1) is 0 Å². The van der Waals surface area contributed by atoms with Crippen LogP contribution in [0.4, 0.5) is 13.2 Å². The minimum absolute atomic E-state index is 0.00540. The van der Waals surface area contributed by atoms with Crippen LogP contribution in [0.15, 0.2) is 17.0 Å². The summed E-state index contributed by atoms with van der Waals surface area (Å²) in [6.07, 6.45) is 0. The summed E-state index contributed by atoms with van der Waals surface area (Å²) in [6, 6.07) is 5.36. The maximum Gasteiger partial charge on any atom is 0.446 e.